The van der Waals surface area contributed by atoms with Gasteiger partial charge in [-0.15, -0.1) is 0 Å². The third kappa shape index (κ3) is 2.94. The Bertz CT molecular complexity index is 450. The summed E-state index contributed by atoms with van der Waals surface area (Å²) in [5.41, 5.74) is 0.744. The molecule has 2 aliphatic carbocycles. The highest BCUT2D eigenvalue weighted by Crippen LogP contribution is 2.45. The minimum atomic E-state index is -0.654. The lowest BCUT2D eigenvalue weighted by molar-refractivity contribution is -0.0307. The van der Waals surface area contributed by atoms with Crippen LogP contribution < -0.4 is 4.74 Å². The number of rotatable bonds is 3. The first-order valence-corrected chi connectivity index (χ1v) is 7.47. The van der Waals surface area contributed by atoms with E-state index < -0.39 is 5.60 Å². The first kappa shape index (κ1) is 13.0. The Morgan fingerprint density at radius 3 is 2.42 bits per heavy atom. The van der Waals surface area contributed by atoms with Crippen molar-refractivity contribution in [3.8, 4) is 5.75 Å². The van der Waals surface area contributed by atoms with Crippen molar-refractivity contribution in [3.63, 3.8) is 0 Å². The standard InChI is InChI=1S/C17H24O2/c1-16(2)8-10-17(18,11-9-16)13-4-3-5-15(12-13)19-14-6-7-14/h3-5,12,14,18H,6-11H2,1-2H3. The molecule has 0 atom stereocenters. The number of hydrogen-bond acceptors (Lipinski definition) is 2. The van der Waals surface area contributed by atoms with Crippen molar-refractivity contribution < 1.29 is 9.84 Å². The van der Waals surface area contributed by atoms with Crippen molar-refractivity contribution in [2.75, 3.05) is 0 Å². The van der Waals surface area contributed by atoms with Gasteiger partial charge in [0.1, 0.15) is 5.75 Å². The average Bonchev–Trinajstić information content (AvgIpc) is 3.18. The monoisotopic (exact) mass is 260 g/mol. The molecular formula is C17H24O2. The predicted molar refractivity (Wildman–Crippen MR) is 76.2 cm³/mol. The van der Waals surface area contributed by atoms with Crippen LogP contribution in [-0.2, 0) is 5.60 Å². The molecule has 0 aromatic heterocycles. The van der Waals surface area contributed by atoms with E-state index in [2.05, 4.69) is 13.8 Å². The van der Waals surface area contributed by atoms with Crippen LogP contribution in [0.25, 0.3) is 0 Å². The Hall–Kier alpha value is -1.02. The van der Waals surface area contributed by atoms with Gasteiger partial charge in [0.25, 0.3) is 0 Å². The highest BCUT2D eigenvalue weighted by molar-refractivity contribution is 5.33. The highest BCUT2D eigenvalue weighted by Gasteiger charge is 2.38. The molecule has 2 saturated carbocycles. The van der Waals surface area contributed by atoms with Gasteiger partial charge in [0.2, 0.25) is 0 Å². The van der Waals surface area contributed by atoms with Crippen LogP contribution in [0.2, 0.25) is 0 Å². The molecule has 0 aliphatic heterocycles. The van der Waals surface area contributed by atoms with Crippen molar-refractivity contribution in [2.24, 2.45) is 5.41 Å². The van der Waals surface area contributed by atoms with Crippen LogP contribution in [0.3, 0.4) is 0 Å². The zero-order chi connectivity index (χ0) is 13.5. The van der Waals surface area contributed by atoms with E-state index in [9.17, 15) is 5.11 Å². The summed E-state index contributed by atoms with van der Waals surface area (Å²) in [6, 6.07) is 8.08. The molecule has 0 saturated heterocycles. The zero-order valence-corrected chi connectivity index (χ0v) is 12.0. The Morgan fingerprint density at radius 1 is 1.11 bits per heavy atom. The number of hydrogen-bond donors (Lipinski definition) is 1. The van der Waals surface area contributed by atoms with Crippen LogP contribution >= 0.6 is 0 Å². The van der Waals surface area contributed by atoms with E-state index in [0.29, 0.717) is 11.5 Å². The molecule has 1 N–H and O–H groups in total. The van der Waals surface area contributed by atoms with Gasteiger partial charge < -0.3 is 9.84 Å². The summed E-state index contributed by atoms with van der Waals surface area (Å²) in [7, 11) is 0. The van der Waals surface area contributed by atoms with Crippen molar-refractivity contribution in [3.05, 3.63) is 29.8 Å². The topological polar surface area (TPSA) is 29.5 Å². The third-order valence-corrected chi connectivity index (χ3v) is 4.63. The molecule has 2 nitrogen and oxygen atoms in total. The molecule has 1 aromatic rings. The van der Waals surface area contributed by atoms with Crippen molar-refractivity contribution in [1.29, 1.82) is 0 Å². The lowest BCUT2D eigenvalue weighted by Gasteiger charge is -2.40. The van der Waals surface area contributed by atoms with Crippen molar-refractivity contribution >= 4 is 0 Å². The molecule has 104 valence electrons. The first-order chi connectivity index (χ1) is 8.97. The maximum Gasteiger partial charge on any atom is 0.120 e. The second kappa shape index (κ2) is 4.52. The minimum Gasteiger partial charge on any atom is -0.490 e. The summed E-state index contributed by atoms with van der Waals surface area (Å²) in [5.74, 6) is 0.915. The fourth-order valence-electron chi connectivity index (χ4n) is 2.87. The molecule has 0 amide bonds. The molecule has 0 unspecified atom stereocenters. The van der Waals surface area contributed by atoms with Crippen LogP contribution in [0, 0.1) is 5.41 Å². The van der Waals surface area contributed by atoms with Crippen LogP contribution in [0.1, 0.15) is 57.9 Å². The van der Waals surface area contributed by atoms with Gasteiger partial charge in [0, 0.05) is 0 Å². The fourth-order valence-corrected chi connectivity index (χ4v) is 2.87. The summed E-state index contributed by atoms with van der Waals surface area (Å²) >= 11 is 0. The molecule has 0 radical (unpaired) electrons. The lowest BCUT2D eigenvalue weighted by Crippen LogP contribution is -2.34. The zero-order valence-electron chi connectivity index (χ0n) is 12.0. The first-order valence-electron chi connectivity index (χ1n) is 7.47. The van der Waals surface area contributed by atoms with Crippen molar-refractivity contribution in [2.45, 2.75) is 64.1 Å². The second-order valence-corrected chi connectivity index (χ2v) is 7.04. The molecule has 3 rings (SSSR count). The molecular weight excluding hydrogens is 236 g/mol. The largest absolute Gasteiger partial charge is 0.490 e. The van der Waals surface area contributed by atoms with Crippen LogP contribution in [0.4, 0.5) is 0 Å². The normalized spacial score (nSPS) is 25.0. The van der Waals surface area contributed by atoms with E-state index in [1.165, 1.54) is 12.8 Å². The molecule has 0 spiro atoms. The smallest absolute Gasteiger partial charge is 0.120 e. The third-order valence-electron chi connectivity index (χ3n) is 4.63. The maximum absolute atomic E-state index is 10.9. The summed E-state index contributed by atoms with van der Waals surface area (Å²) < 4.78 is 5.83. The minimum absolute atomic E-state index is 0.369. The van der Waals surface area contributed by atoms with Gasteiger partial charge in [-0.25, -0.2) is 0 Å². The molecule has 1 aromatic carbocycles. The molecule has 0 bridgehead atoms. The number of benzene rings is 1. The number of ether oxygens (including phenoxy) is 1. The second-order valence-electron chi connectivity index (χ2n) is 7.04. The Morgan fingerprint density at radius 2 is 1.79 bits per heavy atom. The molecule has 2 aliphatic rings. The SMILES string of the molecule is CC1(C)CCC(O)(c2cccc(OC3CC3)c2)CC1. The van der Waals surface area contributed by atoms with E-state index in [1.54, 1.807) is 0 Å². The van der Waals surface area contributed by atoms with Gasteiger partial charge in [-0.05, 0) is 61.6 Å². The Labute approximate surface area is 115 Å². The highest BCUT2D eigenvalue weighted by atomic mass is 16.5. The predicted octanol–water partition coefficient (Wildman–Crippen LogP) is 4.02. The van der Waals surface area contributed by atoms with Gasteiger partial charge in [0.05, 0.1) is 11.7 Å². The Kier molecular flexibility index (Phi) is 3.09. The molecule has 19 heavy (non-hydrogen) atoms. The fraction of sp³-hybridized carbons (Fsp3) is 0.647. The maximum atomic E-state index is 10.9. The van der Waals surface area contributed by atoms with Gasteiger partial charge >= 0.3 is 0 Å². The van der Waals surface area contributed by atoms with E-state index in [1.807, 2.05) is 24.3 Å². The lowest BCUT2D eigenvalue weighted by atomic mass is 9.69. The van der Waals surface area contributed by atoms with Crippen LogP contribution in [0.15, 0.2) is 24.3 Å². The molecule has 2 fully saturated rings. The summed E-state index contributed by atoms with van der Waals surface area (Å²) in [6.45, 7) is 4.58. The summed E-state index contributed by atoms with van der Waals surface area (Å²) in [6.07, 6.45) is 6.62. The number of aliphatic hydroxyl groups is 1. The van der Waals surface area contributed by atoms with E-state index in [0.717, 1.165) is 37.0 Å². The van der Waals surface area contributed by atoms with E-state index >= 15 is 0 Å². The van der Waals surface area contributed by atoms with Crippen LogP contribution in [0.5, 0.6) is 5.75 Å². The Balaban J connectivity index is 1.77. The van der Waals surface area contributed by atoms with Crippen LogP contribution in [-0.4, -0.2) is 11.2 Å². The quantitative estimate of drug-likeness (QED) is 0.889. The average molecular weight is 260 g/mol. The van der Waals surface area contributed by atoms with E-state index in [-0.39, 0.29) is 0 Å². The van der Waals surface area contributed by atoms with Gasteiger partial charge in [-0.3, -0.25) is 0 Å². The summed E-state index contributed by atoms with van der Waals surface area (Å²) in [4.78, 5) is 0. The van der Waals surface area contributed by atoms with Crippen molar-refractivity contribution in [1.82, 2.24) is 0 Å². The van der Waals surface area contributed by atoms with Gasteiger partial charge in [0.15, 0.2) is 0 Å². The van der Waals surface area contributed by atoms with E-state index in [4.69, 9.17) is 4.74 Å². The summed E-state index contributed by atoms with van der Waals surface area (Å²) in [5, 5.41) is 10.9. The molecule has 0 heterocycles. The molecule has 2 heteroatoms. The van der Waals surface area contributed by atoms with Gasteiger partial charge in [-0.2, -0.15) is 0 Å². The van der Waals surface area contributed by atoms with Gasteiger partial charge in [-0.1, -0.05) is 26.0 Å².